The van der Waals surface area contributed by atoms with Crippen molar-refractivity contribution in [1.29, 1.82) is 0 Å². The summed E-state index contributed by atoms with van der Waals surface area (Å²) >= 11 is 0. The van der Waals surface area contributed by atoms with E-state index in [0.29, 0.717) is 45.5 Å². The highest BCUT2D eigenvalue weighted by atomic mass is 32.2. The first-order chi connectivity index (χ1) is 30.5. The number of nitrogens with zero attached hydrogens (tertiary/aromatic N) is 4. The Bertz CT molecular complexity index is 2250. The molecule has 0 aromatic heterocycles. The lowest BCUT2D eigenvalue weighted by Gasteiger charge is -2.46. The summed E-state index contributed by atoms with van der Waals surface area (Å²) in [5.41, 5.74) is 1.23. The van der Waals surface area contributed by atoms with Crippen molar-refractivity contribution in [2.24, 2.45) is 0 Å². The van der Waals surface area contributed by atoms with Crippen LogP contribution in [-0.4, -0.2) is 147 Å². The molecular formula is C48H60F3N4O7SSi. The standard InChI is InChI=1S/C48H60F3N4O7SSi/c1-35-16-17-36(30-43(35)47(2,3)4)45(62-64(41-12-8-6-9-13-41)42-14-10-7-11-15-42)44-33-52(18-19-53-22-27-61-39(32-53)34-59-5)20-21-55(44)46(56)37-28-38(48(49,50)51)31-40(29-37)63(57,58)54-23-25-60-26-24-54/h6-17,28-31,39,44-45H,18-27,32-34H2,1-5H3/t39-,44+,45?/m0/s1. The van der Waals surface area contributed by atoms with Crippen LogP contribution in [0.15, 0.2) is 102 Å². The molecule has 0 N–H and O–H groups in total. The summed E-state index contributed by atoms with van der Waals surface area (Å²) in [7, 11) is -4.77. The normalized spacial score (nSPS) is 20.4. The summed E-state index contributed by atoms with van der Waals surface area (Å²) in [6.07, 6.45) is -5.72. The average Bonchev–Trinajstić information content (AvgIpc) is 3.29. The molecule has 1 unspecified atom stereocenters. The number of alkyl halides is 3. The van der Waals surface area contributed by atoms with Crippen LogP contribution in [0.1, 0.15) is 59.5 Å². The zero-order valence-corrected chi connectivity index (χ0v) is 39.2. The SMILES string of the molecule is COC[C@@H]1CN(CCN2CCN(C(=O)c3cc(C(F)(F)F)cc(S(=O)(=O)N4CCOCC4)c3)[C@@H](C(O[Si](c3ccccc3)c3ccccc3)c3ccc(C)c(C(C)(C)C)c3)C2)CCO1. The van der Waals surface area contributed by atoms with Crippen LogP contribution in [-0.2, 0) is 40.3 Å². The van der Waals surface area contributed by atoms with E-state index in [0.717, 1.165) is 56.6 Å². The fourth-order valence-corrected chi connectivity index (χ4v) is 12.5. The Morgan fingerprint density at radius 3 is 2.06 bits per heavy atom. The third-order valence-electron chi connectivity index (χ3n) is 12.2. The van der Waals surface area contributed by atoms with Crippen LogP contribution in [0.3, 0.4) is 0 Å². The molecule has 11 nitrogen and oxygen atoms in total. The molecular weight excluding hydrogens is 862 g/mol. The number of halogens is 3. The maximum Gasteiger partial charge on any atom is 0.416 e. The van der Waals surface area contributed by atoms with Crippen molar-refractivity contribution in [3.05, 3.63) is 125 Å². The van der Waals surface area contributed by atoms with E-state index in [-0.39, 0.29) is 49.9 Å². The number of aryl methyl sites for hydroxylation is 1. The molecule has 0 spiro atoms. The first-order valence-corrected chi connectivity index (χ1v) is 24.8. The zero-order valence-electron chi connectivity index (χ0n) is 37.4. The summed E-state index contributed by atoms with van der Waals surface area (Å²) in [6.45, 7) is 13.6. The van der Waals surface area contributed by atoms with Gasteiger partial charge in [-0.3, -0.25) is 14.6 Å². The lowest BCUT2D eigenvalue weighted by Crippen LogP contribution is -2.60. The highest BCUT2D eigenvalue weighted by molar-refractivity contribution is 7.89. The average molecular weight is 922 g/mol. The lowest BCUT2D eigenvalue weighted by molar-refractivity contribution is -0.137. The van der Waals surface area contributed by atoms with Crippen LogP contribution < -0.4 is 10.4 Å². The van der Waals surface area contributed by atoms with E-state index >= 15 is 4.79 Å². The predicted molar refractivity (Wildman–Crippen MR) is 242 cm³/mol. The number of amides is 1. The molecule has 4 aromatic rings. The maximum atomic E-state index is 15.2. The van der Waals surface area contributed by atoms with Gasteiger partial charge >= 0.3 is 6.18 Å². The third-order valence-corrected chi connectivity index (χ3v) is 16.3. The minimum absolute atomic E-state index is 0.0116. The minimum Gasteiger partial charge on any atom is -0.398 e. The van der Waals surface area contributed by atoms with Crippen LogP contribution in [0.2, 0.25) is 0 Å². The van der Waals surface area contributed by atoms with Crippen molar-refractivity contribution in [2.45, 2.75) is 62.4 Å². The van der Waals surface area contributed by atoms with Crippen LogP contribution in [0.5, 0.6) is 0 Å². The number of benzene rings is 4. The molecule has 1 amide bonds. The van der Waals surface area contributed by atoms with Crippen LogP contribution in [0.25, 0.3) is 0 Å². The number of ether oxygens (including phenoxy) is 3. The molecule has 345 valence electrons. The lowest BCUT2D eigenvalue weighted by atomic mass is 9.82. The van der Waals surface area contributed by atoms with Gasteiger partial charge in [0, 0.05) is 71.6 Å². The second-order valence-electron chi connectivity index (χ2n) is 17.8. The Hall–Kier alpha value is -3.97. The van der Waals surface area contributed by atoms with Gasteiger partial charge < -0.3 is 23.5 Å². The van der Waals surface area contributed by atoms with E-state index in [2.05, 4.69) is 49.6 Å². The molecule has 3 atom stereocenters. The van der Waals surface area contributed by atoms with Gasteiger partial charge in [-0.15, -0.1) is 0 Å². The Kier molecular flexibility index (Phi) is 15.5. The van der Waals surface area contributed by atoms with Crippen LogP contribution in [0, 0.1) is 6.92 Å². The summed E-state index contributed by atoms with van der Waals surface area (Å²) in [5.74, 6) is -0.699. The number of hydrogen-bond donors (Lipinski definition) is 0. The molecule has 1 radical (unpaired) electrons. The van der Waals surface area contributed by atoms with Crippen LogP contribution >= 0.6 is 0 Å². The van der Waals surface area contributed by atoms with Crippen molar-refractivity contribution >= 4 is 35.3 Å². The van der Waals surface area contributed by atoms with E-state index in [1.165, 1.54) is 0 Å². The van der Waals surface area contributed by atoms with Crippen molar-refractivity contribution < 1.29 is 45.0 Å². The summed E-state index contributed by atoms with van der Waals surface area (Å²) in [5, 5.41) is 1.98. The second-order valence-corrected chi connectivity index (χ2v) is 21.8. The molecule has 3 fully saturated rings. The molecule has 3 heterocycles. The maximum absolute atomic E-state index is 15.2. The van der Waals surface area contributed by atoms with Crippen molar-refractivity contribution in [2.75, 3.05) is 92.4 Å². The molecule has 7 rings (SSSR count). The van der Waals surface area contributed by atoms with Gasteiger partial charge in [-0.1, -0.05) is 99.6 Å². The highest BCUT2D eigenvalue weighted by Crippen LogP contribution is 2.37. The van der Waals surface area contributed by atoms with Crippen molar-refractivity contribution in [1.82, 2.24) is 19.0 Å². The first kappa shape index (κ1) is 48.0. The summed E-state index contributed by atoms with van der Waals surface area (Å²) in [6, 6.07) is 28.0. The van der Waals surface area contributed by atoms with Gasteiger partial charge in [0.05, 0.1) is 55.1 Å². The number of piperazine rings is 1. The number of methoxy groups -OCH3 is 1. The molecule has 3 saturated heterocycles. The van der Waals surface area contributed by atoms with Crippen molar-refractivity contribution in [3.8, 4) is 0 Å². The summed E-state index contributed by atoms with van der Waals surface area (Å²) in [4.78, 5) is 20.9. The number of carbonyl (C=O) groups is 1. The predicted octanol–water partition coefficient (Wildman–Crippen LogP) is 5.37. The first-order valence-electron chi connectivity index (χ1n) is 21.9. The molecule has 16 heteroatoms. The van der Waals surface area contributed by atoms with Gasteiger partial charge in [-0.25, -0.2) is 8.42 Å². The van der Waals surface area contributed by atoms with Gasteiger partial charge in [0.1, 0.15) is 0 Å². The second kappa shape index (κ2) is 20.7. The highest BCUT2D eigenvalue weighted by Gasteiger charge is 2.42. The largest absolute Gasteiger partial charge is 0.416 e. The molecule has 3 aliphatic rings. The Balaban J connectivity index is 1.34. The number of sulfonamides is 1. The monoisotopic (exact) mass is 921 g/mol. The smallest absolute Gasteiger partial charge is 0.398 e. The molecule has 3 aliphatic heterocycles. The van der Waals surface area contributed by atoms with Gasteiger partial charge in [0.2, 0.25) is 10.0 Å². The molecule has 0 aliphatic carbocycles. The van der Waals surface area contributed by atoms with E-state index in [9.17, 15) is 21.6 Å². The molecule has 0 bridgehead atoms. The Labute approximate surface area is 377 Å². The zero-order chi connectivity index (χ0) is 45.6. The Morgan fingerprint density at radius 1 is 0.812 bits per heavy atom. The number of hydrogen-bond acceptors (Lipinski definition) is 9. The van der Waals surface area contributed by atoms with Gasteiger partial charge in [0.25, 0.3) is 14.9 Å². The van der Waals surface area contributed by atoms with Gasteiger partial charge in [-0.05, 0) is 57.6 Å². The number of rotatable bonds is 14. The molecule has 4 aromatic carbocycles. The minimum atomic E-state index is -4.93. The topological polar surface area (TPSA) is 101 Å². The molecule has 0 saturated carbocycles. The van der Waals surface area contributed by atoms with Gasteiger partial charge in [0.15, 0.2) is 0 Å². The van der Waals surface area contributed by atoms with E-state index in [1.807, 2.05) is 66.7 Å². The fourth-order valence-electron chi connectivity index (χ4n) is 8.88. The van der Waals surface area contributed by atoms with E-state index in [1.54, 1.807) is 12.0 Å². The quantitative estimate of drug-likeness (QED) is 0.155. The summed E-state index contributed by atoms with van der Waals surface area (Å²) < 4.78 is 97.3. The third kappa shape index (κ3) is 11.5. The van der Waals surface area contributed by atoms with E-state index in [4.69, 9.17) is 18.6 Å². The fraction of sp³-hybridized carbons (Fsp3) is 0.479. The van der Waals surface area contributed by atoms with Crippen molar-refractivity contribution in [3.63, 3.8) is 0 Å². The number of carbonyl (C=O) groups excluding carboxylic acids is 1. The van der Waals surface area contributed by atoms with Gasteiger partial charge in [-0.2, -0.15) is 17.5 Å². The van der Waals surface area contributed by atoms with E-state index < -0.39 is 53.8 Å². The molecule has 64 heavy (non-hydrogen) atoms. The Morgan fingerprint density at radius 2 is 1.45 bits per heavy atom. The number of morpholine rings is 2. The van der Waals surface area contributed by atoms with Crippen LogP contribution in [0.4, 0.5) is 13.2 Å².